The van der Waals surface area contributed by atoms with Gasteiger partial charge in [0.05, 0.1) is 6.54 Å². The lowest BCUT2D eigenvalue weighted by Gasteiger charge is -2.29. The highest BCUT2D eigenvalue weighted by Crippen LogP contribution is 2.28. The average molecular weight is 209 g/mol. The fourth-order valence-electron chi connectivity index (χ4n) is 2.64. The van der Waals surface area contributed by atoms with Crippen molar-refractivity contribution in [3.8, 4) is 0 Å². The van der Waals surface area contributed by atoms with Gasteiger partial charge in [0.2, 0.25) is 0 Å². The Bertz CT molecular complexity index is 237. The van der Waals surface area contributed by atoms with Crippen molar-refractivity contribution < 1.29 is 0 Å². The SMILES string of the molecule is CC1CCCCC1CNC1=NCCN1C. The highest BCUT2D eigenvalue weighted by Gasteiger charge is 2.22. The summed E-state index contributed by atoms with van der Waals surface area (Å²) in [6.07, 6.45) is 5.65. The van der Waals surface area contributed by atoms with E-state index >= 15 is 0 Å². The van der Waals surface area contributed by atoms with Crippen molar-refractivity contribution in [1.82, 2.24) is 10.2 Å². The predicted octanol–water partition coefficient (Wildman–Crippen LogP) is 1.70. The van der Waals surface area contributed by atoms with Gasteiger partial charge >= 0.3 is 0 Å². The third kappa shape index (κ3) is 2.64. The maximum atomic E-state index is 4.46. The minimum absolute atomic E-state index is 0.857. The molecule has 2 atom stereocenters. The second-order valence-corrected chi connectivity index (χ2v) is 5.03. The zero-order valence-electron chi connectivity index (χ0n) is 10.00. The molecule has 1 aliphatic heterocycles. The molecule has 0 saturated heterocycles. The van der Waals surface area contributed by atoms with E-state index in [2.05, 4.69) is 29.2 Å². The molecule has 1 fully saturated rings. The first kappa shape index (κ1) is 10.8. The first-order valence-electron chi connectivity index (χ1n) is 6.27. The lowest BCUT2D eigenvalue weighted by Crippen LogP contribution is -2.40. The van der Waals surface area contributed by atoms with Crippen LogP contribution in [0.1, 0.15) is 32.6 Å². The maximum Gasteiger partial charge on any atom is 0.193 e. The van der Waals surface area contributed by atoms with Crippen molar-refractivity contribution >= 4 is 5.96 Å². The Morgan fingerprint density at radius 2 is 2.20 bits per heavy atom. The van der Waals surface area contributed by atoms with Crippen LogP contribution >= 0.6 is 0 Å². The fraction of sp³-hybridized carbons (Fsp3) is 0.917. The van der Waals surface area contributed by atoms with E-state index in [-0.39, 0.29) is 0 Å². The van der Waals surface area contributed by atoms with E-state index in [1.165, 1.54) is 25.7 Å². The Kier molecular flexibility index (Phi) is 3.49. The maximum absolute atomic E-state index is 4.46. The van der Waals surface area contributed by atoms with Crippen molar-refractivity contribution in [2.45, 2.75) is 32.6 Å². The number of guanidine groups is 1. The highest BCUT2D eigenvalue weighted by molar-refractivity contribution is 5.81. The molecule has 1 heterocycles. The van der Waals surface area contributed by atoms with Crippen LogP contribution in [0.2, 0.25) is 0 Å². The predicted molar refractivity (Wildman–Crippen MR) is 64.1 cm³/mol. The quantitative estimate of drug-likeness (QED) is 0.749. The summed E-state index contributed by atoms with van der Waals surface area (Å²) in [6, 6.07) is 0. The molecule has 0 aromatic carbocycles. The Morgan fingerprint density at radius 1 is 1.40 bits per heavy atom. The van der Waals surface area contributed by atoms with Crippen LogP contribution in [0, 0.1) is 11.8 Å². The molecule has 2 unspecified atom stereocenters. The molecular formula is C12H23N3. The molecular weight excluding hydrogens is 186 g/mol. The molecule has 3 nitrogen and oxygen atoms in total. The van der Waals surface area contributed by atoms with E-state index in [1.807, 2.05) is 0 Å². The molecule has 1 saturated carbocycles. The van der Waals surface area contributed by atoms with Gasteiger partial charge in [-0.05, 0) is 18.3 Å². The summed E-state index contributed by atoms with van der Waals surface area (Å²) < 4.78 is 0. The molecule has 0 aromatic heterocycles. The number of nitrogens with one attached hydrogen (secondary N) is 1. The first-order chi connectivity index (χ1) is 7.27. The van der Waals surface area contributed by atoms with Crippen LogP contribution in [-0.4, -0.2) is 37.5 Å². The largest absolute Gasteiger partial charge is 0.356 e. The number of nitrogens with zero attached hydrogens (tertiary/aromatic N) is 2. The molecule has 0 amide bonds. The zero-order chi connectivity index (χ0) is 10.7. The number of hydrogen-bond donors (Lipinski definition) is 1. The van der Waals surface area contributed by atoms with E-state index < -0.39 is 0 Å². The van der Waals surface area contributed by atoms with E-state index in [0.29, 0.717) is 0 Å². The number of hydrogen-bond acceptors (Lipinski definition) is 3. The standard InChI is InChI=1S/C12H23N3/c1-10-5-3-4-6-11(10)9-14-12-13-7-8-15(12)2/h10-11H,3-9H2,1-2H3,(H,13,14). The molecule has 0 radical (unpaired) electrons. The number of rotatable bonds is 2. The third-order valence-corrected chi connectivity index (χ3v) is 3.87. The van der Waals surface area contributed by atoms with Crippen molar-refractivity contribution in [1.29, 1.82) is 0 Å². The Balaban J connectivity index is 1.77. The van der Waals surface area contributed by atoms with Crippen LogP contribution in [0.4, 0.5) is 0 Å². The van der Waals surface area contributed by atoms with Gasteiger partial charge in [-0.3, -0.25) is 4.99 Å². The molecule has 0 spiro atoms. The molecule has 2 aliphatic rings. The van der Waals surface area contributed by atoms with Gasteiger partial charge in [-0.15, -0.1) is 0 Å². The lowest BCUT2D eigenvalue weighted by molar-refractivity contribution is 0.255. The van der Waals surface area contributed by atoms with Gasteiger partial charge in [0, 0.05) is 20.1 Å². The smallest absolute Gasteiger partial charge is 0.193 e. The number of aliphatic imine (C=N–C) groups is 1. The normalized spacial score (nSPS) is 31.6. The van der Waals surface area contributed by atoms with E-state index in [1.54, 1.807) is 0 Å². The van der Waals surface area contributed by atoms with Crippen LogP contribution in [0.3, 0.4) is 0 Å². The Hall–Kier alpha value is -0.730. The zero-order valence-corrected chi connectivity index (χ0v) is 10.00. The van der Waals surface area contributed by atoms with Crippen LogP contribution in [0.25, 0.3) is 0 Å². The topological polar surface area (TPSA) is 27.6 Å². The summed E-state index contributed by atoms with van der Waals surface area (Å²) in [7, 11) is 2.11. The van der Waals surface area contributed by atoms with E-state index in [0.717, 1.165) is 37.4 Å². The van der Waals surface area contributed by atoms with Crippen molar-refractivity contribution in [3.05, 3.63) is 0 Å². The van der Waals surface area contributed by atoms with Gasteiger partial charge in [0.25, 0.3) is 0 Å². The van der Waals surface area contributed by atoms with E-state index in [4.69, 9.17) is 0 Å². The van der Waals surface area contributed by atoms with Gasteiger partial charge in [-0.2, -0.15) is 0 Å². The Morgan fingerprint density at radius 3 is 2.87 bits per heavy atom. The van der Waals surface area contributed by atoms with Crippen LogP contribution in [-0.2, 0) is 0 Å². The Labute approximate surface area is 92.9 Å². The molecule has 15 heavy (non-hydrogen) atoms. The fourth-order valence-corrected chi connectivity index (χ4v) is 2.64. The summed E-state index contributed by atoms with van der Waals surface area (Å²) in [6.45, 7) is 5.54. The molecule has 0 bridgehead atoms. The van der Waals surface area contributed by atoms with Gasteiger partial charge in [-0.1, -0.05) is 26.2 Å². The summed E-state index contributed by atoms with van der Waals surface area (Å²) in [5.74, 6) is 2.85. The summed E-state index contributed by atoms with van der Waals surface area (Å²) >= 11 is 0. The van der Waals surface area contributed by atoms with E-state index in [9.17, 15) is 0 Å². The number of likely N-dealkylation sites (N-methyl/N-ethyl adjacent to an activating group) is 1. The van der Waals surface area contributed by atoms with Crippen molar-refractivity contribution in [3.63, 3.8) is 0 Å². The monoisotopic (exact) mass is 209 g/mol. The summed E-state index contributed by atoms with van der Waals surface area (Å²) in [5, 5.41) is 3.51. The summed E-state index contributed by atoms with van der Waals surface area (Å²) in [5.41, 5.74) is 0. The minimum Gasteiger partial charge on any atom is -0.356 e. The molecule has 0 aromatic rings. The average Bonchev–Trinajstić information content (AvgIpc) is 2.63. The van der Waals surface area contributed by atoms with Gasteiger partial charge in [-0.25, -0.2) is 0 Å². The molecule has 2 rings (SSSR count). The van der Waals surface area contributed by atoms with Crippen LogP contribution < -0.4 is 5.32 Å². The highest BCUT2D eigenvalue weighted by atomic mass is 15.3. The van der Waals surface area contributed by atoms with Gasteiger partial charge in [0.1, 0.15) is 0 Å². The lowest BCUT2D eigenvalue weighted by atomic mass is 9.80. The second kappa shape index (κ2) is 4.86. The second-order valence-electron chi connectivity index (χ2n) is 5.03. The molecule has 1 N–H and O–H groups in total. The molecule has 3 heteroatoms. The summed E-state index contributed by atoms with van der Waals surface area (Å²) in [4.78, 5) is 6.67. The van der Waals surface area contributed by atoms with Gasteiger partial charge in [0.15, 0.2) is 5.96 Å². The van der Waals surface area contributed by atoms with Crippen LogP contribution in [0.15, 0.2) is 4.99 Å². The van der Waals surface area contributed by atoms with Crippen LogP contribution in [0.5, 0.6) is 0 Å². The first-order valence-corrected chi connectivity index (χ1v) is 6.27. The van der Waals surface area contributed by atoms with Crippen molar-refractivity contribution in [2.75, 3.05) is 26.7 Å². The van der Waals surface area contributed by atoms with Crippen molar-refractivity contribution in [2.24, 2.45) is 16.8 Å². The molecule has 1 aliphatic carbocycles. The minimum atomic E-state index is 0.857. The molecule has 86 valence electrons. The van der Waals surface area contributed by atoms with Gasteiger partial charge < -0.3 is 10.2 Å². The third-order valence-electron chi connectivity index (χ3n) is 3.87.